The average molecular weight is 337 g/mol. The van der Waals surface area contributed by atoms with Crippen LogP contribution in [0.25, 0.3) is 0 Å². The zero-order valence-electron chi connectivity index (χ0n) is 13.7. The number of benzene rings is 1. The summed E-state index contributed by atoms with van der Waals surface area (Å²) in [5.74, 6) is 1.14. The van der Waals surface area contributed by atoms with Gasteiger partial charge in [0.25, 0.3) is 5.91 Å². The first-order chi connectivity index (χ1) is 11.8. The van der Waals surface area contributed by atoms with Crippen molar-refractivity contribution in [1.82, 2.24) is 4.90 Å². The molecule has 0 aliphatic carbocycles. The van der Waals surface area contributed by atoms with E-state index in [1.165, 1.54) is 0 Å². The minimum atomic E-state index is -0.0181. The number of carbonyl (C=O) groups excluding carboxylic acids is 1. The third-order valence-electron chi connectivity index (χ3n) is 3.83. The van der Waals surface area contributed by atoms with Crippen LogP contribution in [0.5, 0.6) is 11.5 Å². The Labute approximate surface area is 141 Å². The molecule has 0 aromatic heterocycles. The largest absolute Gasteiger partial charge is 0.487 e. The van der Waals surface area contributed by atoms with Gasteiger partial charge >= 0.3 is 0 Å². The van der Waals surface area contributed by atoms with E-state index in [0.29, 0.717) is 83.0 Å². The molecule has 1 amide bonds. The van der Waals surface area contributed by atoms with Crippen molar-refractivity contribution in [1.29, 1.82) is 0 Å². The summed E-state index contributed by atoms with van der Waals surface area (Å²) in [5.41, 5.74) is 0.587. The molecule has 0 bridgehead atoms. The second-order valence-electron chi connectivity index (χ2n) is 5.49. The molecule has 0 spiro atoms. The topological polar surface area (TPSA) is 66.5 Å². The van der Waals surface area contributed by atoms with Gasteiger partial charge < -0.3 is 28.6 Å². The standard InChI is InChI=1S/C17H23NO6/c19-17(18-3-5-20-6-4-18)14-1-2-15-16(13-14)24-12-10-22-8-7-21-9-11-23-15/h1-2,13H,3-12H2. The van der Waals surface area contributed by atoms with Gasteiger partial charge in [0.2, 0.25) is 0 Å². The quantitative estimate of drug-likeness (QED) is 0.761. The van der Waals surface area contributed by atoms with Crippen LogP contribution in [0.3, 0.4) is 0 Å². The van der Waals surface area contributed by atoms with E-state index < -0.39 is 0 Å². The number of hydrogen-bond donors (Lipinski definition) is 0. The molecule has 2 aliphatic heterocycles. The molecule has 1 fully saturated rings. The van der Waals surface area contributed by atoms with Gasteiger partial charge in [-0.05, 0) is 18.2 Å². The van der Waals surface area contributed by atoms with E-state index >= 15 is 0 Å². The fourth-order valence-electron chi connectivity index (χ4n) is 2.57. The molecule has 1 aromatic carbocycles. The van der Waals surface area contributed by atoms with Crippen LogP contribution in [0.15, 0.2) is 18.2 Å². The maximum Gasteiger partial charge on any atom is 0.254 e. The first-order valence-electron chi connectivity index (χ1n) is 8.27. The first-order valence-corrected chi connectivity index (χ1v) is 8.27. The number of rotatable bonds is 1. The third kappa shape index (κ3) is 4.59. The van der Waals surface area contributed by atoms with Crippen LogP contribution in [-0.2, 0) is 14.2 Å². The molecule has 1 saturated heterocycles. The summed E-state index contributed by atoms with van der Waals surface area (Å²) < 4.78 is 27.6. The van der Waals surface area contributed by atoms with Crippen LogP contribution < -0.4 is 9.47 Å². The van der Waals surface area contributed by atoms with Crippen LogP contribution in [-0.4, -0.2) is 76.8 Å². The van der Waals surface area contributed by atoms with Gasteiger partial charge in [-0.25, -0.2) is 0 Å². The van der Waals surface area contributed by atoms with Gasteiger partial charge in [-0.15, -0.1) is 0 Å². The molecular formula is C17H23NO6. The minimum Gasteiger partial charge on any atom is -0.487 e. The van der Waals surface area contributed by atoms with Gasteiger partial charge in [0.1, 0.15) is 13.2 Å². The number of morpholine rings is 1. The molecule has 24 heavy (non-hydrogen) atoms. The van der Waals surface area contributed by atoms with Crippen molar-refractivity contribution >= 4 is 5.91 Å². The number of fused-ring (bicyclic) bond motifs is 1. The molecule has 7 nitrogen and oxygen atoms in total. The molecule has 132 valence electrons. The lowest BCUT2D eigenvalue weighted by molar-refractivity contribution is 0.0222. The highest BCUT2D eigenvalue weighted by Gasteiger charge is 2.20. The van der Waals surface area contributed by atoms with E-state index in [1.54, 1.807) is 23.1 Å². The predicted molar refractivity (Wildman–Crippen MR) is 85.8 cm³/mol. The van der Waals surface area contributed by atoms with E-state index in [2.05, 4.69) is 0 Å². The Balaban J connectivity index is 1.73. The van der Waals surface area contributed by atoms with E-state index in [1.807, 2.05) is 0 Å². The zero-order chi connectivity index (χ0) is 16.6. The van der Waals surface area contributed by atoms with E-state index in [0.717, 1.165) is 0 Å². The summed E-state index contributed by atoms with van der Waals surface area (Å²) in [4.78, 5) is 14.4. The smallest absolute Gasteiger partial charge is 0.254 e. The Hall–Kier alpha value is -1.83. The summed E-state index contributed by atoms with van der Waals surface area (Å²) in [6.07, 6.45) is 0. The fourth-order valence-corrected chi connectivity index (χ4v) is 2.57. The van der Waals surface area contributed by atoms with E-state index in [4.69, 9.17) is 23.7 Å². The van der Waals surface area contributed by atoms with Crippen molar-refractivity contribution in [2.24, 2.45) is 0 Å². The van der Waals surface area contributed by atoms with Gasteiger partial charge in [-0.2, -0.15) is 0 Å². The zero-order valence-corrected chi connectivity index (χ0v) is 13.7. The number of hydrogen-bond acceptors (Lipinski definition) is 6. The lowest BCUT2D eigenvalue weighted by atomic mass is 10.1. The molecule has 7 heteroatoms. The van der Waals surface area contributed by atoms with Crippen molar-refractivity contribution in [3.8, 4) is 11.5 Å². The second kappa shape index (κ2) is 8.86. The van der Waals surface area contributed by atoms with Gasteiger partial charge in [0.05, 0.1) is 39.6 Å². The fraction of sp³-hybridized carbons (Fsp3) is 0.588. The Kier molecular flexibility index (Phi) is 6.28. The Morgan fingerprint density at radius 2 is 1.33 bits per heavy atom. The van der Waals surface area contributed by atoms with Crippen molar-refractivity contribution in [2.45, 2.75) is 0 Å². The normalized spacial score (nSPS) is 19.9. The minimum absolute atomic E-state index is 0.0181. The molecule has 1 aromatic rings. The highest BCUT2D eigenvalue weighted by Crippen LogP contribution is 2.29. The molecule has 0 saturated carbocycles. The highest BCUT2D eigenvalue weighted by molar-refractivity contribution is 5.95. The molecule has 0 unspecified atom stereocenters. The van der Waals surface area contributed by atoms with E-state index in [-0.39, 0.29) is 5.91 Å². The monoisotopic (exact) mass is 337 g/mol. The molecule has 0 atom stereocenters. The van der Waals surface area contributed by atoms with Crippen LogP contribution in [0, 0.1) is 0 Å². The van der Waals surface area contributed by atoms with Gasteiger partial charge in [0, 0.05) is 18.7 Å². The number of nitrogens with zero attached hydrogens (tertiary/aromatic N) is 1. The summed E-state index contributed by atoms with van der Waals surface area (Å²) in [6.45, 7) is 5.22. The highest BCUT2D eigenvalue weighted by atomic mass is 16.6. The lowest BCUT2D eigenvalue weighted by Crippen LogP contribution is -2.40. The summed E-state index contributed by atoms with van der Waals surface area (Å²) in [5, 5.41) is 0. The Bertz CT molecular complexity index is 544. The van der Waals surface area contributed by atoms with Crippen molar-refractivity contribution < 1.29 is 28.5 Å². The molecule has 2 aliphatic rings. The van der Waals surface area contributed by atoms with Crippen molar-refractivity contribution in [3.05, 3.63) is 23.8 Å². The third-order valence-corrected chi connectivity index (χ3v) is 3.83. The molecule has 0 N–H and O–H groups in total. The Morgan fingerprint density at radius 3 is 2.04 bits per heavy atom. The summed E-state index contributed by atoms with van der Waals surface area (Å²) in [7, 11) is 0. The molecule has 2 heterocycles. The van der Waals surface area contributed by atoms with Crippen LogP contribution in [0.2, 0.25) is 0 Å². The predicted octanol–water partition coefficient (Wildman–Crippen LogP) is 0.963. The lowest BCUT2D eigenvalue weighted by Gasteiger charge is -2.27. The number of ether oxygens (including phenoxy) is 5. The first kappa shape index (κ1) is 17.0. The van der Waals surface area contributed by atoms with Crippen LogP contribution >= 0.6 is 0 Å². The second-order valence-corrected chi connectivity index (χ2v) is 5.49. The average Bonchev–Trinajstić information content (AvgIpc) is 2.62. The molecule has 0 radical (unpaired) electrons. The maximum atomic E-state index is 12.6. The van der Waals surface area contributed by atoms with E-state index in [9.17, 15) is 4.79 Å². The van der Waals surface area contributed by atoms with Crippen molar-refractivity contribution in [2.75, 3.05) is 65.9 Å². The maximum absolute atomic E-state index is 12.6. The van der Waals surface area contributed by atoms with Crippen LogP contribution in [0.4, 0.5) is 0 Å². The Morgan fingerprint density at radius 1 is 0.750 bits per heavy atom. The van der Waals surface area contributed by atoms with Gasteiger partial charge in [-0.1, -0.05) is 0 Å². The molecular weight excluding hydrogens is 314 g/mol. The summed E-state index contributed by atoms with van der Waals surface area (Å²) in [6, 6.07) is 5.28. The number of carbonyl (C=O) groups is 1. The van der Waals surface area contributed by atoms with Crippen molar-refractivity contribution in [3.63, 3.8) is 0 Å². The van der Waals surface area contributed by atoms with Gasteiger partial charge in [0.15, 0.2) is 11.5 Å². The number of amides is 1. The SMILES string of the molecule is O=C(c1ccc2c(c1)OCCOCCOCCO2)N1CCOCC1. The molecule has 3 rings (SSSR count). The van der Waals surface area contributed by atoms with Crippen LogP contribution in [0.1, 0.15) is 10.4 Å². The summed E-state index contributed by atoms with van der Waals surface area (Å²) >= 11 is 0. The van der Waals surface area contributed by atoms with Gasteiger partial charge in [-0.3, -0.25) is 4.79 Å².